The third-order valence-corrected chi connectivity index (χ3v) is 15.7. The van der Waals surface area contributed by atoms with Gasteiger partial charge in [-0.3, -0.25) is 0 Å². The number of carbonyl (C=O) groups is 1. The number of esters is 1. The summed E-state index contributed by atoms with van der Waals surface area (Å²) in [4.78, 5) is 11.8. The van der Waals surface area contributed by atoms with Crippen LogP contribution in [0.1, 0.15) is 34.1 Å². The molecule has 36 heavy (non-hydrogen) atoms. The van der Waals surface area contributed by atoms with E-state index >= 15 is 4.39 Å². The van der Waals surface area contributed by atoms with E-state index in [2.05, 4.69) is 69.3 Å². The van der Waals surface area contributed by atoms with Gasteiger partial charge in [-0.25, -0.2) is 0 Å². The Labute approximate surface area is 225 Å². The summed E-state index contributed by atoms with van der Waals surface area (Å²) in [5, 5.41) is 2.12. The van der Waals surface area contributed by atoms with Gasteiger partial charge in [-0.1, -0.05) is 0 Å². The number of halogens is 1. The molecular weight excluding hydrogens is 554 g/mol. The number of benzene rings is 3. The number of thioether (sulfide) groups is 1. The first-order valence-electron chi connectivity index (χ1n) is 12.1. The van der Waals surface area contributed by atoms with Crippen molar-refractivity contribution in [1.82, 2.24) is 0 Å². The Hall–Kier alpha value is -1.89. The molecule has 0 N–H and O–H groups in total. The number of ether oxygens (including phenoxy) is 1. The molecule has 0 aliphatic carbocycles. The third-order valence-electron chi connectivity index (χ3n) is 6.38. The van der Waals surface area contributed by atoms with E-state index in [1.807, 2.05) is 42.5 Å². The van der Waals surface area contributed by atoms with Crippen molar-refractivity contribution in [3.63, 3.8) is 0 Å². The fraction of sp³-hybridized carbons (Fsp3) is 0.345. The van der Waals surface area contributed by atoms with Gasteiger partial charge in [0.1, 0.15) is 0 Å². The fourth-order valence-corrected chi connectivity index (χ4v) is 14.1. The standard InChI is InChI=1S/C29H33FO3SSeSi/c1-22(31)33-27-29(30,35-24-14-8-5-9-15-24)20-23(34-27)21-32-36(28(2,3)4,25-16-10-6-11-17-25)26-18-12-7-13-19-26/h5-19,23,27H,20-21H2,1-4H3/t23-,27?,29+/m1/s1. The summed E-state index contributed by atoms with van der Waals surface area (Å²) in [6.45, 7) is 8.46. The molecule has 3 atom stereocenters. The maximum absolute atomic E-state index is 16.5. The summed E-state index contributed by atoms with van der Waals surface area (Å²) >= 11 is 0.909. The quantitative estimate of drug-likeness (QED) is 0.284. The average molecular weight is 588 g/mol. The van der Waals surface area contributed by atoms with Gasteiger partial charge in [0, 0.05) is 0 Å². The number of hydrogen-bond acceptors (Lipinski definition) is 4. The molecule has 1 unspecified atom stereocenters. The van der Waals surface area contributed by atoms with Crippen LogP contribution in [0.15, 0.2) is 91.0 Å². The molecule has 0 amide bonds. The molecule has 0 aromatic heterocycles. The van der Waals surface area contributed by atoms with E-state index in [4.69, 9.17) is 9.16 Å². The Bertz CT molecular complexity index is 1100. The summed E-state index contributed by atoms with van der Waals surface area (Å²) in [7, 11) is -2.73. The zero-order chi connectivity index (χ0) is 25.8. The molecule has 0 bridgehead atoms. The van der Waals surface area contributed by atoms with Gasteiger partial charge in [0.05, 0.1) is 0 Å². The number of rotatable bonds is 8. The van der Waals surface area contributed by atoms with Gasteiger partial charge in [-0.05, 0) is 0 Å². The molecular formula is C29H33FO3SSeSi. The van der Waals surface area contributed by atoms with E-state index in [0.717, 1.165) is 4.46 Å². The number of hydrogen-bond donors (Lipinski definition) is 0. The van der Waals surface area contributed by atoms with Crippen LogP contribution >= 0.6 is 11.8 Å². The molecule has 0 spiro atoms. The van der Waals surface area contributed by atoms with Gasteiger partial charge in [-0.2, -0.15) is 0 Å². The van der Waals surface area contributed by atoms with E-state index in [1.54, 1.807) is 0 Å². The number of carbonyl (C=O) groups excluding carboxylic acids is 1. The van der Waals surface area contributed by atoms with Crippen LogP contribution in [0.5, 0.6) is 0 Å². The molecule has 1 saturated heterocycles. The van der Waals surface area contributed by atoms with Gasteiger partial charge in [-0.15, -0.1) is 0 Å². The Kier molecular flexibility index (Phi) is 8.48. The zero-order valence-electron chi connectivity index (χ0n) is 21.1. The van der Waals surface area contributed by atoms with Crippen molar-refractivity contribution in [3.05, 3.63) is 91.0 Å². The Balaban J connectivity index is 1.64. The molecule has 190 valence electrons. The van der Waals surface area contributed by atoms with E-state index in [-0.39, 0.29) is 10.3 Å². The predicted octanol–water partition coefficient (Wildman–Crippen LogP) is 4.65. The minimum atomic E-state index is -2.73. The first kappa shape index (κ1) is 27.1. The second-order valence-electron chi connectivity index (χ2n) is 10.1. The van der Waals surface area contributed by atoms with Gasteiger partial charge in [0.15, 0.2) is 0 Å². The second-order valence-corrected chi connectivity index (χ2v) is 18.6. The van der Waals surface area contributed by atoms with Crippen molar-refractivity contribution >= 4 is 55.8 Å². The van der Waals surface area contributed by atoms with E-state index in [1.165, 1.54) is 29.1 Å². The van der Waals surface area contributed by atoms with Gasteiger partial charge in [0.25, 0.3) is 0 Å². The Morgan fingerprint density at radius 2 is 1.47 bits per heavy atom. The number of alkyl halides is 1. The summed E-state index contributed by atoms with van der Waals surface area (Å²) < 4.78 is 28.4. The predicted molar refractivity (Wildman–Crippen MR) is 151 cm³/mol. The SMILES string of the molecule is CC(=O)OC1S[C@@H](CO[Si](c2ccccc2)(c2ccccc2)C(C)(C)C)C[C@]1(F)[Se]c1ccccc1. The molecule has 3 aromatic carbocycles. The van der Waals surface area contributed by atoms with E-state index < -0.39 is 39.2 Å². The van der Waals surface area contributed by atoms with E-state index in [9.17, 15) is 4.79 Å². The molecule has 1 fully saturated rings. The fourth-order valence-electron chi connectivity index (χ4n) is 4.85. The Morgan fingerprint density at radius 3 is 1.94 bits per heavy atom. The van der Waals surface area contributed by atoms with Crippen LogP contribution in [-0.4, -0.2) is 51.1 Å². The van der Waals surface area contributed by atoms with E-state index in [0.29, 0.717) is 13.0 Å². The molecule has 1 aliphatic heterocycles. The first-order valence-corrected chi connectivity index (χ1v) is 16.7. The van der Waals surface area contributed by atoms with Gasteiger partial charge in [0.2, 0.25) is 0 Å². The third kappa shape index (κ3) is 5.81. The van der Waals surface area contributed by atoms with Crippen molar-refractivity contribution in [2.24, 2.45) is 0 Å². The molecule has 0 radical (unpaired) electrons. The molecule has 4 rings (SSSR count). The van der Waals surface area contributed by atoms with Crippen LogP contribution < -0.4 is 14.8 Å². The van der Waals surface area contributed by atoms with Crippen LogP contribution in [0.25, 0.3) is 0 Å². The van der Waals surface area contributed by atoms with Gasteiger partial charge < -0.3 is 0 Å². The molecule has 1 heterocycles. The molecule has 0 saturated carbocycles. The molecule has 3 aromatic rings. The molecule has 3 nitrogen and oxygen atoms in total. The monoisotopic (exact) mass is 588 g/mol. The zero-order valence-corrected chi connectivity index (χ0v) is 24.7. The van der Waals surface area contributed by atoms with Crippen molar-refractivity contribution in [3.8, 4) is 0 Å². The summed E-state index contributed by atoms with van der Waals surface area (Å²) in [6.07, 6.45) is 0.294. The van der Waals surface area contributed by atoms with Gasteiger partial charge >= 0.3 is 226 Å². The van der Waals surface area contributed by atoms with Crippen LogP contribution in [0.4, 0.5) is 4.39 Å². The van der Waals surface area contributed by atoms with Crippen LogP contribution in [0.3, 0.4) is 0 Å². The maximum atomic E-state index is 16.5. The molecule has 7 heteroatoms. The topological polar surface area (TPSA) is 35.5 Å². The van der Waals surface area contributed by atoms with Crippen LogP contribution in [0.2, 0.25) is 5.04 Å². The van der Waals surface area contributed by atoms with Crippen molar-refractivity contribution in [2.75, 3.05) is 6.61 Å². The van der Waals surface area contributed by atoms with Crippen molar-refractivity contribution < 1.29 is 18.3 Å². The average Bonchev–Trinajstić information content (AvgIpc) is 3.14. The van der Waals surface area contributed by atoms with Crippen LogP contribution in [-0.2, 0) is 14.0 Å². The summed E-state index contributed by atoms with van der Waals surface area (Å²) in [6, 6.07) is 30.6. The van der Waals surface area contributed by atoms with Crippen molar-refractivity contribution in [2.45, 2.75) is 54.4 Å². The Morgan fingerprint density at radius 1 is 0.972 bits per heavy atom. The van der Waals surface area contributed by atoms with Crippen LogP contribution in [0, 0.1) is 0 Å². The van der Waals surface area contributed by atoms with Crippen molar-refractivity contribution in [1.29, 1.82) is 0 Å². The summed E-state index contributed by atoms with van der Waals surface area (Å²) in [5.74, 6) is -0.452. The second kappa shape index (κ2) is 11.2. The summed E-state index contributed by atoms with van der Waals surface area (Å²) in [5.41, 5.74) is -0.831. The molecule has 1 aliphatic rings. The normalized spacial score (nSPS) is 22.4. The minimum absolute atomic E-state index is 0.119. The first-order chi connectivity index (χ1) is 17.1.